The molecule has 0 saturated carbocycles. The Balaban J connectivity index is 2.56. The molecule has 0 radical (unpaired) electrons. The minimum absolute atomic E-state index is 0.0940. The molecule has 0 aliphatic carbocycles. The van der Waals surface area contributed by atoms with Crippen LogP contribution in [0.2, 0.25) is 0 Å². The average Bonchev–Trinajstić information content (AvgIpc) is 3.25. The Bertz CT molecular complexity index is 1210. The number of hydrogen-bond acceptors (Lipinski definition) is 9. The Morgan fingerprint density at radius 2 is 2.06 bits per heavy atom. The van der Waals surface area contributed by atoms with Crippen LogP contribution in [0.5, 0.6) is 0 Å². The fourth-order valence-corrected chi connectivity index (χ4v) is 3.07. The number of amides is 1. The molecule has 6 N–H and O–H groups in total. The topological polar surface area (TPSA) is 155 Å². The predicted molar refractivity (Wildman–Crippen MR) is 125 cm³/mol. The van der Waals surface area contributed by atoms with E-state index in [9.17, 15) is 18.0 Å². The van der Waals surface area contributed by atoms with Crippen LogP contribution < -0.4 is 16.9 Å². The van der Waals surface area contributed by atoms with Gasteiger partial charge < -0.3 is 16.9 Å². The number of thiazole rings is 1. The number of carbonyl (C=O) groups is 1. The lowest BCUT2D eigenvalue weighted by Crippen LogP contribution is -2.29. The lowest BCUT2D eigenvalue weighted by atomic mass is 10.1. The molecule has 0 fully saturated rings. The van der Waals surface area contributed by atoms with E-state index in [0.29, 0.717) is 10.9 Å². The Hall–Kier alpha value is -3.84. The zero-order valence-electron chi connectivity index (χ0n) is 16.5. The maximum Gasteiger partial charge on any atom is 0.434 e. The number of halogens is 4. The van der Waals surface area contributed by atoms with E-state index in [1.807, 2.05) is 0 Å². The van der Waals surface area contributed by atoms with Crippen LogP contribution in [0.4, 0.5) is 18.9 Å². The number of fused-ring (bicyclic) bond motifs is 1. The largest absolute Gasteiger partial charge is 0.434 e. The van der Waals surface area contributed by atoms with Crippen LogP contribution in [-0.4, -0.2) is 40.9 Å². The van der Waals surface area contributed by atoms with Crippen molar-refractivity contribution in [1.29, 1.82) is 5.41 Å². The van der Waals surface area contributed by atoms with E-state index in [4.69, 9.17) is 28.5 Å². The fraction of sp³-hybridized carbons (Fsp3) is 0.0526. The minimum atomic E-state index is -5.04. The lowest BCUT2D eigenvalue weighted by molar-refractivity contribution is -0.114. The van der Waals surface area contributed by atoms with Gasteiger partial charge in [0.25, 0.3) is 5.91 Å². The summed E-state index contributed by atoms with van der Waals surface area (Å²) < 4.78 is 42.2. The van der Waals surface area contributed by atoms with Crippen molar-refractivity contribution >= 4 is 68.6 Å². The van der Waals surface area contributed by atoms with Gasteiger partial charge in [-0.3, -0.25) is 10.2 Å². The molecule has 0 aliphatic heterocycles. The summed E-state index contributed by atoms with van der Waals surface area (Å²) >= 11 is 6.97. The van der Waals surface area contributed by atoms with Crippen molar-refractivity contribution in [3.05, 3.63) is 59.0 Å². The Morgan fingerprint density at radius 3 is 2.70 bits per heavy atom. The van der Waals surface area contributed by atoms with Crippen LogP contribution in [0.25, 0.3) is 10.2 Å². The average molecular weight is 497 g/mol. The quantitative estimate of drug-likeness (QED) is 0.250. The van der Waals surface area contributed by atoms with Gasteiger partial charge in [-0.15, -0.1) is 11.3 Å². The highest BCUT2D eigenvalue weighted by Gasteiger charge is 2.40. The molecule has 0 spiro atoms. The highest BCUT2D eigenvalue weighted by atomic mass is 35.5. The van der Waals surface area contributed by atoms with E-state index in [0.717, 1.165) is 24.7 Å². The number of rotatable bonds is 8. The zero-order valence-corrected chi connectivity index (χ0v) is 18.1. The van der Waals surface area contributed by atoms with Crippen LogP contribution in [-0.2, 0) is 4.79 Å². The van der Waals surface area contributed by atoms with Crippen LogP contribution in [0, 0.1) is 5.41 Å². The highest BCUT2D eigenvalue weighted by molar-refractivity contribution is 7.16. The van der Waals surface area contributed by atoms with Crippen molar-refractivity contribution in [3.8, 4) is 0 Å². The maximum absolute atomic E-state index is 13.9. The second-order valence-corrected chi connectivity index (χ2v) is 7.10. The predicted octanol–water partition coefficient (Wildman–Crippen LogP) is 3.52. The summed E-state index contributed by atoms with van der Waals surface area (Å²) in [5.74, 6) is -1.36. The van der Waals surface area contributed by atoms with Gasteiger partial charge in [-0.25, -0.2) is 15.0 Å². The number of para-hydroxylation sites is 1. The van der Waals surface area contributed by atoms with Crippen LogP contribution in [0.3, 0.4) is 0 Å². The van der Waals surface area contributed by atoms with E-state index in [-0.39, 0.29) is 21.9 Å². The van der Waals surface area contributed by atoms with Crippen LogP contribution >= 0.6 is 22.9 Å². The third-order valence-electron chi connectivity index (χ3n) is 3.59. The SMILES string of the molecule is N=CC(Cl)=CC(/C=N\NC=CN)=NC(=O)C(=CN)C(=Nc1cccc2scnc12)C(F)(F)F. The number of aliphatic imine (C=N–C) groups is 2. The van der Waals surface area contributed by atoms with Gasteiger partial charge in [-0.1, -0.05) is 17.7 Å². The summed E-state index contributed by atoms with van der Waals surface area (Å²) in [6, 6.07) is 4.52. The molecule has 33 heavy (non-hydrogen) atoms. The molecule has 0 saturated heterocycles. The van der Waals surface area contributed by atoms with E-state index < -0.39 is 23.4 Å². The summed E-state index contributed by atoms with van der Waals surface area (Å²) in [7, 11) is 0. The van der Waals surface area contributed by atoms with Crippen LogP contribution in [0.15, 0.2) is 74.1 Å². The van der Waals surface area contributed by atoms with Gasteiger partial charge in [0.2, 0.25) is 0 Å². The van der Waals surface area contributed by atoms with E-state index in [1.54, 1.807) is 6.07 Å². The third-order valence-corrected chi connectivity index (χ3v) is 4.60. The van der Waals surface area contributed by atoms with E-state index >= 15 is 0 Å². The molecule has 1 aromatic carbocycles. The van der Waals surface area contributed by atoms with Crippen molar-refractivity contribution in [2.24, 2.45) is 26.6 Å². The number of nitrogens with one attached hydrogen (secondary N) is 2. The molecule has 1 amide bonds. The molecule has 0 aliphatic rings. The standard InChI is InChI=1S/C19H16ClF3N8OS/c20-11(7-25)6-12(9-29-28-5-4-24)30-18(32)13(8-26)17(19(21,22)23)31-14-2-1-3-15-16(14)27-10-33-15/h1-10,25,28H,24,26H2/b5-4?,11-6?,13-8?,25-7?,29-9-,30-12?,31-17?. The van der Waals surface area contributed by atoms with Crippen molar-refractivity contribution < 1.29 is 18.0 Å². The minimum Gasteiger partial charge on any atom is -0.404 e. The number of nitrogens with zero attached hydrogens (tertiary/aromatic N) is 4. The number of nitrogens with two attached hydrogens (primary N) is 2. The normalized spacial score (nSPS) is 14.4. The van der Waals surface area contributed by atoms with Crippen LogP contribution in [0.1, 0.15) is 0 Å². The number of aromatic nitrogens is 1. The van der Waals surface area contributed by atoms with Gasteiger partial charge >= 0.3 is 6.18 Å². The van der Waals surface area contributed by atoms with E-state index in [2.05, 4.69) is 25.5 Å². The third kappa shape index (κ3) is 7.08. The highest BCUT2D eigenvalue weighted by Crippen LogP contribution is 2.31. The number of allylic oxidation sites excluding steroid dienone is 2. The lowest BCUT2D eigenvalue weighted by Gasteiger charge is -2.12. The van der Waals surface area contributed by atoms with Gasteiger partial charge in [-0.05, 0) is 18.2 Å². The summed E-state index contributed by atoms with van der Waals surface area (Å²) in [4.78, 5) is 23.9. The number of hydrazone groups is 1. The van der Waals surface area contributed by atoms with Crippen molar-refractivity contribution in [1.82, 2.24) is 10.4 Å². The van der Waals surface area contributed by atoms with Gasteiger partial charge in [0, 0.05) is 24.8 Å². The molecule has 0 atom stereocenters. The van der Waals surface area contributed by atoms with Gasteiger partial charge in [-0.2, -0.15) is 18.3 Å². The zero-order chi connectivity index (χ0) is 24.4. The molecular formula is C19H16ClF3N8OS. The van der Waals surface area contributed by atoms with Crippen molar-refractivity contribution in [2.75, 3.05) is 0 Å². The first-order valence-corrected chi connectivity index (χ1v) is 10.0. The number of carbonyl (C=O) groups excluding carboxylic acids is 1. The maximum atomic E-state index is 13.9. The number of alkyl halides is 3. The van der Waals surface area contributed by atoms with E-state index in [1.165, 1.54) is 35.2 Å². The molecule has 2 aromatic rings. The smallest absolute Gasteiger partial charge is 0.404 e. The molecule has 14 heteroatoms. The summed E-state index contributed by atoms with van der Waals surface area (Å²) in [6.07, 6.45) is 0.542. The Labute approximate surface area is 194 Å². The molecule has 0 bridgehead atoms. The number of hydrogen-bond donors (Lipinski definition) is 4. The second-order valence-electron chi connectivity index (χ2n) is 5.78. The second kappa shape index (κ2) is 11.7. The first-order chi connectivity index (χ1) is 15.7. The molecule has 2 rings (SSSR count). The molecule has 172 valence electrons. The summed E-state index contributed by atoms with van der Waals surface area (Å²) in [6.45, 7) is 0. The summed E-state index contributed by atoms with van der Waals surface area (Å²) in [5, 5.41) is 10.6. The summed E-state index contributed by atoms with van der Waals surface area (Å²) in [5.41, 5.74) is 11.7. The first-order valence-electron chi connectivity index (χ1n) is 8.77. The molecule has 9 nitrogen and oxygen atoms in total. The van der Waals surface area contributed by atoms with Crippen molar-refractivity contribution in [3.63, 3.8) is 0 Å². The van der Waals surface area contributed by atoms with Gasteiger partial charge in [0.1, 0.15) is 5.52 Å². The fourth-order valence-electron chi connectivity index (χ4n) is 2.26. The van der Waals surface area contributed by atoms with Gasteiger partial charge in [0.05, 0.1) is 38.4 Å². The van der Waals surface area contributed by atoms with Gasteiger partial charge in [0.15, 0.2) is 5.71 Å². The first kappa shape index (κ1) is 25.4. The monoisotopic (exact) mass is 496 g/mol. The molecule has 0 unspecified atom stereocenters. The Morgan fingerprint density at radius 1 is 1.30 bits per heavy atom. The Kier molecular flexibility index (Phi) is 9.00. The molecule has 1 heterocycles. The molecular weight excluding hydrogens is 481 g/mol. The number of benzene rings is 1. The molecule has 1 aromatic heterocycles. The van der Waals surface area contributed by atoms with Crippen molar-refractivity contribution in [2.45, 2.75) is 6.18 Å².